The lowest BCUT2D eigenvalue weighted by atomic mass is 10.1. The molecule has 1 atom stereocenters. The molecule has 6 nitrogen and oxygen atoms in total. The van der Waals surface area contributed by atoms with Crippen LogP contribution < -0.4 is 5.32 Å². The monoisotopic (exact) mass is 376 g/mol. The summed E-state index contributed by atoms with van der Waals surface area (Å²) in [5.74, 6) is -0.557. The summed E-state index contributed by atoms with van der Waals surface area (Å²) < 4.78 is 4.76. The van der Waals surface area contributed by atoms with Crippen molar-refractivity contribution in [2.24, 2.45) is 5.16 Å². The lowest BCUT2D eigenvalue weighted by Crippen LogP contribution is -2.42. The smallest absolute Gasteiger partial charge is 0.434 e. The van der Waals surface area contributed by atoms with Gasteiger partial charge >= 0.3 is 12.1 Å². The van der Waals surface area contributed by atoms with E-state index in [1.807, 2.05) is 72.8 Å². The maximum Gasteiger partial charge on any atom is 0.434 e. The predicted octanol–water partition coefficient (Wildman–Crippen LogP) is 3.68. The number of amides is 1. The van der Waals surface area contributed by atoms with Crippen molar-refractivity contribution in [3.8, 4) is 0 Å². The van der Waals surface area contributed by atoms with Gasteiger partial charge in [-0.05, 0) is 16.3 Å². The highest BCUT2D eigenvalue weighted by Crippen LogP contribution is 2.16. The maximum atomic E-state index is 12.1. The van der Waals surface area contributed by atoms with Crippen molar-refractivity contribution in [2.75, 3.05) is 7.11 Å². The number of benzene rings is 3. The predicted molar refractivity (Wildman–Crippen MR) is 107 cm³/mol. The van der Waals surface area contributed by atoms with Crippen LogP contribution in [-0.2, 0) is 20.8 Å². The maximum absolute atomic E-state index is 12.1. The van der Waals surface area contributed by atoms with Crippen LogP contribution in [-0.4, -0.2) is 31.4 Å². The first-order valence-corrected chi connectivity index (χ1v) is 8.78. The van der Waals surface area contributed by atoms with Crippen LogP contribution in [0.3, 0.4) is 0 Å². The highest BCUT2D eigenvalue weighted by Gasteiger charge is 2.22. The molecule has 0 radical (unpaired) electrons. The van der Waals surface area contributed by atoms with Crippen molar-refractivity contribution in [3.63, 3.8) is 0 Å². The summed E-state index contributed by atoms with van der Waals surface area (Å²) in [6.07, 6.45) is 0.921. The van der Waals surface area contributed by atoms with Crippen molar-refractivity contribution in [2.45, 2.75) is 12.5 Å². The Bertz CT molecular complexity index is 981. The lowest BCUT2D eigenvalue weighted by Gasteiger charge is -2.15. The molecule has 0 bridgehead atoms. The molecule has 3 aromatic carbocycles. The molecule has 28 heavy (non-hydrogen) atoms. The molecular formula is C22H20N2O4. The number of hydrogen-bond acceptors (Lipinski definition) is 5. The van der Waals surface area contributed by atoms with Gasteiger partial charge in [0.05, 0.1) is 13.3 Å². The average molecular weight is 376 g/mol. The van der Waals surface area contributed by atoms with Crippen LogP contribution in [0.15, 0.2) is 78.0 Å². The highest BCUT2D eigenvalue weighted by molar-refractivity contribution is 5.99. The number of nitrogens with one attached hydrogen (secondary N) is 1. The zero-order chi connectivity index (χ0) is 19.8. The summed E-state index contributed by atoms with van der Waals surface area (Å²) >= 11 is 0. The Balaban J connectivity index is 1.64. The number of hydrogen-bond donors (Lipinski definition) is 1. The van der Waals surface area contributed by atoms with E-state index in [-0.39, 0.29) is 6.42 Å². The van der Waals surface area contributed by atoms with Crippen LogP contribution in [0.2, 0.25) is 0 Å². The number of esters is 1. The Hall–Kier alpha value is -3.67. The van der Waals surface area contributed by atoms with Gasteiger partial charge in [0.25, 0.3) is 0 Å². The third kappa shape index (κ3) is 4.94. The summed E-state index contributed by atoms with van der Waals surface area (Å²) in [6, 6.07) is 22.0. The average Bonchev–Trinajstić information content (AvgIpc) is 2.73. The SMILES string of the molecule is COC(=O)C(Cc1ccccc1)NC(=O)O/N=C/c1cccc2ccccc12. The molecule has 1 amide bonds. The third-order valence-electron chi connectivity index (χ3n) is 4.21. The molecule has 0 aliphatic heterocycles. The van der Waals surface area contributed by atoms with Gasteiger partial charge < -0.3 is 10.1 Å². The second-order valence-corrected chi connectivity index (χ2v) is 6.09. The molecule has 142 valence electrons. The van der Waals surface area contributed by atoms with Crippen molar-refractivity contribution in [1.82, 2.24) is 5.32 Å². The van der Waals surface area contributed by atoms with Crippen LogP contribution in [0.25, 0.3) is 10.8 Å². The number of nitrogens with zero attached hydrogens (tertiary/aromatic N) is 1. The third-order valence-corrected chi connectivity index (χ3v) is 4.21. The van der Waals surface area contributed by atoms with E-state index in [0.29, 0.717) is 0 Å². The topological polar surface area (TPSA) is 77.0 Å². The molecule has 0 aromatic heterocycles. The number of ether oxygens (including phenoxy) is 1. The molecule has 0 saturated carbocycles. The molecule has 1 unspecified atom stereocenters. The Morgan fingerprint density at radius 3 is 2.50 bits per heavy atom. The summed E-state index contributed by atoms with van der Waals surface area (Å²) in [4.78, 5) is 28.9. The van der Waals surface area contributed by atoms with Crippen LogP contribution >= 0.6 is 0 Å². The fourth-order valence-electron chi connectivity index (χ4n) is 2.85. The van der Waals surface area contributed by atoms with Crippen LogP contribution in [0.4, 0.5) is 4.79 Å². The first-order chi connectivity index (χ1) is 13.7. The summed E-state index contributed by atoms with van der Waals surface area (Å²) in [5.41, 5.74) is 1.71. The zero-order valence-corrected chi connectivity index (χ0v) is 15.4. The molecule has 3 aromatic rings. The number of fused-ring (bicyclic) bond motifs is 1. The molecule has 3 rings (SSSR count). The summed E-state index contributed by atoms with van der Waals surface area (Å²) in [5, 5.41) is 8.29. The lowest BCUT2D eigenvalue weighted by molar-refractivity contribution is -0.142. The second-order valence-electron chi connectivity index (χ2n) is 6.09. The highest BCUT2D eigenvalue weighted by atomic mass is 16.7. The van der Waals surface area contributed by atoms with Gasteiger partial charge in [0.1, 0.15) is 6.04 Å². The molecule has 0 spiro atoms. The van der Waals surface area contributed by atoms with Gasteiger partial charge in [-0.25, -0.2) is 9.59 Å². The van der Waals surface area contributed by atoms with Gasteiger partial charge in [-0.3, -0.25) is 4.84 Å². The molecule has 0 heterocycles. The number of carbonyl (C=O) groups excluding carboxylic acids is 2. The first-order valence-electron chi connectivity index (χ1n) is 8.78. The van der Waals surface area contributed by atoms with Gasteiger partial charge in [-0.2, -0.15) is 0 Å². The van der Waals surface area contributed by atoms with Crippen LogP contribution in [0.5, 0.6) is 0 Å². The van der Waals surface area contributed by atoms with E-state index < -0.39 is 18.1 Å². The van der Waals surface area contributed by atoms with E-state index in [1.54, 1.807) is 0 Å². The molecule has 0 fully saturated rings. The molecule has 0 aliphatic rings. The number of oxime groups is 1. The van der Waals surface area contributed by atoms with Crippen molar-refractivity contribution >= 4 is 29.0 Å². The fourth-order valence-corrected chi connectivity index (χ4v) is 2.85. The van der Waals surface area contributed by atoms with Gasteiger partial charge in [-0.1, -0.05) is 78.0 Å². The van der Waals surface area contributed by atoms with Gasteiger partial charge in [-0.15, -0.1) is 0 Å². The number of rotatable bonds is 6. The fraction of sp³-hybridized carbons (Fsp3) is 0.136. The van der Waals surface area contributed by atoms with Crippen molar-refractivity contribution < 1.29 is 19.2 Å². The van der Waals surface area contributed by atoms with E-state index >= 15 is 0 Å². The first kappa shape index (κ1) is 19.1. The molecule has 0 aliphatic carbocycles. The largest absolute Gasteiger partial charge is 0.467 e. The summed E-state index contributed by atoms with van der Waals surface area (Å²) in [6.45, 7) is 0. The number of methoxy groups -OCH3 is 1. The number of carbonyl (C=O) groups is 2. The Labute approximate surface area is 162 Å². The Kier molecular flexibility index (Phi) is 6.36. The van der Waals surface area contributed by atoms with Crippen molar-refractivity contribution in [1.29, 1.82) is 0 Å². The van der Waals surface area contributed by atoms with E-state index in [1.165, 1.54) is 13.3 Å². The standard InChI is InChI=1S/C22H20N2O4/c1-27-21(25)20(14-16-8-3-2-4-9-16)24-22(26)28-23-15-18-12-7-11-17-10-5-6-13-19(17)18/h2-13,15,20H,14H2,1H3,(H,24,26)/b23-15+. The van der Waals surface area contributed by atoms with E-state index in [9.17, 15) is 9.59 Å². The Morgan fingerprint density at radius 1 is 1.00 bits per heavy atom. The van der Waals surface area contributed by atoms with Crippen molar-refractivity contribution in [3.05, 3.63) is 83.9 Å². The molecular weight excluding hydrogens is 356 g/mol. The quantitative estimate of drug-likeness (QED) is 0.308. The second kappa shape index (κ2) is 9.32. The van der Waals surface area contributed by atoms with Gasteiger partial charge in [0.15, 0.2) is 0 Å². The van der Waals surface area contributed by atoms with E-state index in [2.05, 4.69) is 10.5 Å². The minimum atomic E-state index is -0.868. The van der Waals surface area contributed by atoms with Gasteiger partial charge in [0, 0.05) is 12.0 Å². The van der Waals surface area contributed by atoms with Gasteiger partial charge in [0.2, 0.25) is 0 Å². The Morgan fingerprint density at radius 2 is 1.71 bits per heavy atom. The van der Waals surface area contributed by atoms with Crippen LogP contribution in [0.1, 0.15) is 11.1 Å². The van der Waals surface area contributed by atoms with Crippen LogP contribution in [0, 0.1) is 0 Å². The summed E-state index contributed by atoms with van der Waals surface area (Å²) in [7, 11) is 1.27. The van der Waals surface area contributed by atoms with E-state index in [4.69, 9.17) is 9.57 Å². The molecule has 1 N–H and O–H groups in total. The minimum Gasteiger partial charge on any atom is -0.467 e. The zero-order valence-electron chi connectivity index (χ0n) is 15.4. The normalized spacial score (nSPS) is 11.9. The van der Waals surface area contributed by atoms with E-state index in [0.717, 1.165) is 21.9 Å². The molecule has 6 heteroatoms. The molecule has 0 saturated heterocycles. The minimum absolute atomic E-state index is 0.287.